The number of esters is 1. The molecule has 0 radical (unpaired) electrons. The molecule has 1 heterocycles. The highest BCUT2D eigenvalue weighted by Gasteiger charge is 2.16. The van der Waals surface area contributed by atoms with Crippen LogP contribution in [0.3, 0.4) is 0 Å². The van der Waals surface area contributed by atoms with Crippen molar-refractivity contribution in [2.24, 2.45) is 7.05 Å². The van der Waals surface area contributed by atoms with Gasteiger partial charge in [-0.3, -0.25) is 0 Å². The van der Waals surface area contributed by atoms with E-state index in [1.807, 2.05) is 0 Å². The Morgan fingerprint density at radius 3 is 2.73 bits per heavy atom. The van der Waals surface area contributed by atoms with Gasteiger partial charge in [-0.2, -0.15) is 0 Å². The minimum absolute atomic E-state index is 0.0386. The number of methoxy groups -OCH3 is 1. The van der Waals surface area contributed by atoms with E-state index in [2.05, 4.69) is 15.0 Å². The smallest absolute Gasteiger partial charge is 0.361 e. The van der Waals surface area contributed by atoms with Crippen LogP contribution in [0.5, 0.6) is 0 Å². The molecule has 0 aromatic carbocycles. The number of aromatic nitrogens is 3. The molecule has 0 amide bonds. The molecule has 6 heteroatoms. The molecular weight excluding hydrogens is 170 g/mol. The fourth-order valence-electron chi connectivity index (χ4n) is 0.567. The van der Waals surface area contributed by atoms with Crippen LogP contribution < -0.4 is 0 Å². The summed E-state index contributed by atoms with van der Waals surface area (Å²) in [7, 11) is 2.84. The number of rotatable bonds is 1. The predicted octanol–water partition coefficient (Wildman–Crippen LogP) is 0.255. The van der Waals surface area contributed by atoms with Crippen molar-refractivity contribution in [1.82, 2.24) is 15.0 Å². The second-order valence-corrected chi connectivity index (χ2v) is 2.20. The van der Waals surface area contributed by atoms with E-state index in [0.717, 1.165) is 0 Å². The summed E-state index contributed by atoms with van der Waals surface area (Å²) >= 11 is 5.62. The second-order valence-electron chi connectivity index (χ2n) is 1.84. The SMILES string of the molecule is COC(=O)c1nnn(C)c1Cl. The van der Waals surface area contributed by atoms with Gasteiger partial charge in [-0.25, -0.2) is 9.48 Å². The van der Waals surface area contributed by atoms with Crippen molar-refractivity contribution in [2.45, 2.75) is 0 Å². The van der Waals surface area contributed by atoms with Crippen LogP contribution in [0.1, 0.15) is 10.5 Å². The molecule has 11 heavy (non-hydrogen) atoms. The lowest BCUT2D eigenvalue weighted by atomic mass is 10.5. The van der Waals surface area contributed by atoms with Gasteiger partial charge >= 0.3 is 5.97 Å². The first-order chi connectivity index (χ1) is 5.16. The van der Waals surface area contributed by atoms with E-state index in [-0.39, 0.29) is 10.8 Å². The number of aryl methyl sites for hydroxylation is 1. The lowest BCUT2D eigenvalue weighted by Crippen LogP contribution is -2.02. The zero-order valence-corrected chi connectivity index (χ0v) is 6.79. The van der Waals surface area contributed by atoms with Gasteiger partial charge in [0.05, 0.1) is 7.11 Å². The third-order valence-corrected chi connectivity index (χ3v) is 1.56. The van der Waals surface area contributed by atoms with Crippen molar-refractivity contribution in [3.05, 3.63) is 10.8 Å². The highest BCUT2D eigenvalue weighted by Crippen LogP contribution is 2.11. The summed E-state index contributed by atoms with van der Waals surface area (Å²) in [5.41, 5.74) is 0.0386. The Kier molecular flexibility index (Phi) is 2.09. The van der Waals surface area contributed by atoms with Gasteiger partial charge in [-0.15, -0.1) is 5.10 Å². The first-order valence-electron chi connectivity index (χ1n) is 2.80. The lowest BCUT2D eigenvalue weighted by molar-refractivity contribution is 0.0594. The molecule has 0 spiro atoms. The summed E-state index contributed by atoms with van der Waals surface area (Å²) < 4.78 is 5.68. The number of halogens is 1. The van der Waals surface area contributed by atoms with Gasteiger partial charge in [0.2, 0.25) is 5.69 Å². The molecule has 5 nitrogen and oxygen atoms in total. The van der Waals surface area contributed by atoms with E-state index in [4.69, 9.17) is 11.6 Å². The lowest BCUT2D eigenvalue weighted by Gasteiger charge is -1.92. The molecule has 0 atom stereocenters. The molecule has 0 unspecified atom stereocenters. The molecule has 1 aromatic heterocycles. The molecule has 1 aromatic rings. The van der Waals surface area contributed by atoms with Gasteiger partial charge in [0, 0.05) is 7.05 Å². The van der Waals surface area contributed by atoms with E-state index in [0.29, 0.717) is 0 Å². The van der Waals surface area contributed by atoms with Gasteiger partial charge in [-0.1, -0.05) is 16.8 Å². The van der Waals surface area contributed by atoms with E-state index in [1.165, 1.54) is 11.8 Å². The van der Waals surface area contributed by atoms with Crippen LogP contribution in [0.25, 0.3) is 0 Å². The highest BCUT2D eigenvalue weighted by molar-refractivity contribution is 6.32. The molecule has 1 rings (SSSR count). The number of carbonyl (C=O) groups is 1. The van der Waals surface area contributed by atoms with Crippen LogP contribution in [-0.4, -0.2) is 28.1 Å². The first-order valence-corrected chi connectivity index (χ1v) is 3.18. The van der Waals surface area contributed by atoms with E-state index in [9.17, 15) is 4.79 Å². The third-order valence-electron chi connectivity index (χ3n) is 1.14. The van der Waals surface area contributed by atoms with Gasteiger partial charge < -0.3 is 4.74 Å². The number of nitrogens with zero attached hydrogens (tertiary/aromatic N) is 3. The zero-order valence-electron chi connectivity index (χ0n) is 6.04. The molecule has 0 aliphatic heterocycles. The maximum absolute atomic E-state index is 10.8. The summed E-state index contributed by atoms with van der Waals surface area (Å²) in [4.78, 5) is 10.8. The van der Waals surface area contributed by atoms with Crippen LogP contribution in [0.2, 0.25) is 5.15 Å². The number of carbonyl (C=O) groups excluding carboxylic acids is 1. The van der Waals surface area contributed by atoms with Crippen molar-refractivity contribution in [1.29, 1.82) is 0 Å². The van der Waals surface area contributed by atoms with Crippen LogP contribution in [-0.2, 0) is 11.8 Å². The minimum atomic E-state index is -0.580. The molecule has 0 aliphatic rings. The molecular formula is C5H6ClN3O2. The molecule has 0 bridgehead atoms. The van der Waals surface area contributed by atoms with Crippen molar-refractivity contribution < 1.29 is 9.53 Å². The molecule has 0 saturated carbocycles. The average molecular weight is 176 g/mol. The number of hydrogen-bond acceptors (Lipinski definition) is 4. The van der Waals surface area contributed by atoms with E-state index < -0.39 is 5.97 Å². The Labute approximate surface area is 67.9 Å². The topological polar surface area (TPSA) is 57.0 Å². The van der Waals surface area contributed by atoms with Gasteiger partial charge in [-0.05, 0) is 0 Å². The Morgan fingerprint density at radius 2 is 2.36 bits per heavy atom. The largest absolute Gasteiger partial charge is 0.464 e. The van der Waals surface area contributed by atoms with Gasteiger partial charge in [0.25, 0.3) is 0 Å². The van der Waals surface area contributed by atoms with Crippen LogP contribution in [0.4, 0.5) is 0 Å². The maximum atomic E-state index is 10.8. The summed E-state index contributed by atoms with van der Waals surface area (Å²) in [6, 6.07) is 0. The standard InChI is InChI=1S/C5H6ClN3O2/c1-9-4(6)3(7-8-9)5(10)11-2/h1-2H3. The molecule has 0 saturated heterocycles. The Balaban J connectivity index is 3.04. The molecule has 0 N–H and O–H groups in total. The van der Waals surface area contributed by atoms with Crippen LogP contribution in [0, 0.1) is 0 Å². The Bertz CT molecular complexity index is 283. The molecule has 0 aliphatic carbocycles. The van der Waals surface area contributed by atoms with Crippen molar-refractivity contribution >= 4 is 17.6 Å². The monoisotopic (exact) mass is 175 g/mol. The van der Waals surface area contributed by atoms with E-state index >= 15 is 0 Å². The van der Waals surface area contributed by atoms with E-state index in [1.54, 1.807) is 7.05 Å². The Morgan fingerprint density at radius 1 is 1.73 bits per heavy atom. The zero-order chi connectivity index (χ0) is 8.43. The third kappa shape index (κ3) is 1.32. The van der Waals surface area contributed by atoms with Crippen molar-refractivity contribution in [3.63, 3.8) is 0 Å². The quantitative estimate of drug-likeness (QED) is 0.575. The maximum Gasteiger partial charge on any atom is 0.361 e. The normalized spacial score (nSPS) is 9.73. The number of ether oxygens (including phenoxy) is 1. The second kappa shape index (κ2) is 2.87. The fourth-order valence-corrected chi connectivity index (χ4v) is 0.716. The van der Waals surface area contributed by atoms with Crippen molar-refractivity contribution in [3.8, 4) is 0 Å². The average Bonchev–Trinajstić information content (AvgIpc) is 2.32. The van der Waals surface area contributed by atoms with Crippen LogP contribution >= 0.6 is 11.6 Å². The molecule has 0 fully saturated rings. The van der Waals surface area contributed by atoms with Crippen LogP contribution in [0.15, 0.2) is 0 Å². The summed E-state index contributed by atoms with van der Waals surface area (Å²) in [5.74, 6) is -0.580. The summed E-state index contributed by atoms with van der Waals surface area (Å²) in [6.07, 6.45) is 0. The molecule has 60 valence electrons. The van der Waals surface area contributed by atoms with Gasteiger partial charge in [0.1, 0.15) is 0 Å². The van der Waals surface area contributed by atoms with Gasteiger partial charge in [0.15, 0.2) is 5.15 Å². The Hall–Kier alpha value is -1.10. The minimum Gasteiger partial charge on any atom is -0.464 e. The number of hydrogen-bond donors (Lipinski definition) is 0. The highest BCUT2D eigenvalue weighted by atomic mass is 35.5. The predicted molar refractivity (Wildman–Crippen MR) is 37.4 cm³/mol. The summed E-state index contributed by atoms with van der Waals surface area (Å²) in [5, 5.41) is 7.19. The first kappa shape index (κ1) is 8.00. The van der Waals surface area contributed by atoms with Crippen molar-refractivity contribution in [2.75, 3.05) is 7.11 Å². The fraction of sp³-hybridized carbons (Fsp3) is 0.400. The summed E-state index contributed by atoms with van der Waals surface area (Å²) in [6.45, 7) is 0.